The molecule has 2 N–H and O–H groups in total. The van der Waals surface area contributed by atoms with Gasteiger partial charge in [0.05, 0.1) is 11.1 Å². The first-order chi connectivity index (χ1) is 6.73. The fraction of sp³-hybridized carbons (Fsp3) is 0.222. The average Bonchev–Trinajstić information content (AvgIpc) is 2.06. The number of hydrogen-bond acceptors (Lipinski definition) is 1. The van der Waals surface area contributed by atoms with Gasteiger partial charge >= 0.3 is 6.18 Å². The second-order valence-electron chi connectivity index (χ2n) is 3.02. The Labute approximate surface area is 82.7 Å². The van der Waals surface area contributed by atoms with Gasteiger partial charge in [-0.1, -0.05) is 0 Å². The summed E-state index contributed by atoms with van der Waals surface area (Å²) in [6, 6.07) is 1.03. The molecule has 82 valence electrons. The third-order valence-electron chi connectivity index (χ3n) is 1.85. The van der Waals surface area contributed by atoms with Crippen molar-refractivity contribution in [3.05, 3.63) is 34.6 Å². The Kier molecular flexibility index (Phi) is 2.70. The van der Waals surface area contributed by atoms with Crippen LogP contribution in [0, 0.1) is 12.7 Å². The van der Waals surface area contributed by atoms with Gasteiger partial charge < -0.3 is 5.73 Å². The molecule has 0 aromatic heterocycles. The molecule has 6 heteroatoms. The number of primary amides is 1. The van der Waals surface area contributed by atoms with Crippen LogP contribution in [0.15, 0.2) is 12.1 Å². The monoisotopic (exact) mass is 221 g/mol. The van der Waals surface area contributed by atoms with E-state index in [1.807, 2.05) is 0 Å². The van der Waals surface area contributed by atoms with Crippen LogP contribution in [-0.2, 0) is 6.18 Å². The van der Waals surface area contributed by atoms with Crippen molar-refractivity contribution in [3.8, 4) is 0 Å². The molecule has 0 aliphatic carbocycles. The lowest BCUT2D eigenvalue weighted by Gasteiger charge is -2.10. The van der Waals surface area contributed by atoms with E-state index >= 15 is 0 Å². The van der Waals surface area contributed by atoms with Crippen molar-refractivity contribution in [2.24, 2.45) is 5.73 Å². The third-order valence-corrected chi connectivity index (χ3v) is 1.85. The number of nitrogens with two attached hydrogens (primary N) is 1. The Morgan fingerprint density at radius 1 is 1.33 bits per heavy atom. The topological polar surface area (TPSA) is 43.1 Å². The first kappa shape index (κ1) is 11.5. The summed E-state index contributed by atoms with van der Waals surface area (Å²) >= 11 is 0. The van der Waals surface area contributed by atoms with Crippen molar-refractivity contribution in [1.82, 2.24) is 0 Å². The van der Waals surface area contributed by atoms with Gasteiger partial charge in [0.15, 0.2) is 0 Å². The number of benzene rings is 1. The summed E-state index contributed by atoms with van der Waals surface area (Å²) in [5, 5.41) is 0. The Balaban J connectivity index is 3.43. The normalized spacial score (nSPS) is 11.5. The van der Waals surface area contributed by atoms with E-state index in [2.05, 4.69) is 0 Å². The van der Waals surface area contributed by atoms with Gasteiger partial charge in [-0.15, -0.1) is 0 Å². The predicted octanol–water partition coefficient (Wildman–Crippen LogP) is 2.25. The van der Waals surface area contributed by atoms with Crippen LogP contribution in [0.25, 0.3) is 0 Å². The zero-order valence-corrected chi connectivity index (χ0v) is 7.65. The zero-order chi connectivity index (χ0) is 11.8. The molecular weight excluding hydrogens is 214 g/mol. The SMILES string of the molecule is Cc1cc(C(F)(F)F)cc(C(N)=O)c1F. The molecule has 2 nitrogen and oxygen atoms in total. The van der Waals surface area contributed by atoms with E-state index in [1.165, 1.54) is 0 Å². The highest BCUT2D eigenvalue weighted by molar-refractivity contribution is 5.93. The molecule has 0 fully saturated rings. The fourth-order valence-electron chi connectivity index (χ4n) is 1.11. The summed E-state index contributed by atoms with van der Waals surface area (Å²) < 4.78 is 50.0. The highest BCUT2D eigenvalue weighted by atomic mass is 19.4. The Morgan fingerprint density at radius 3 is 2.27 bits per heavy atom. The number of rotatable bonds is 1. The molecule has 0 radical (unpaired) electrons. The predicted molar refractivity (Wildman–Crippen MR) is 44.7 cm³/mol. The molecule has 1 aromatic rings. The number of amides is 1. The maximum atomic E-state index is 13.2. The van der Waals surface area contributed by atoms with Crippen LogP contribution in [0.5, 0.6) is 0 Å². The second-order valence-corrected chi connectivity index (χ2v) is 3.02. The van der Waals surface area contributed by atoms with E-state index < -0.39 is 29.0 Å². The molecule has 0 heterocycles. The highest BCUT2D eigenvalue weighted by Gasteiger charge is 2.32. The van der Waals surface area contributed by atoms with Crippen LogP contribution in [0.1, 0.15) is 21.5 Å². The van der Waals surface area contributed by atoms with Crippen molar-refractivity contribution in [3.63, 3.8) is 0 Å². The van der Waals surface area contributed by atoms with Crippen molar-refractivity contribution in [2.45, 2.75) is 13.1 Å². The lowest BCUT2D eigenvalue weighted by atomic mass is 10.0. The molecular formula is C9H7F4NO. The molecule has 0 unspecified atom stereocenters. The summed E-state index contributed by atoms with van der Waals surface area (Å²) in [4.78, 5) is 10.7. The van der Waals surface area contributed by atoms with Crippen LogP contribution in [0.4, 0.5) is 17.6 Å². The van der Waals surface area contributed by atoms with E-state index in [-0.39, 0.29) is 5.56 Å². The van der Waals surface area contributed by atoms with Gasteiger partial charge in [-0.3, -0.25) is 4.79 Å². The van der Waals surface area contributed by atoms with E-state index in [1.54, 1.807) is 0 Å². The molecule has 1 amide bonds. The molecule has 0 aliphatic rings. The van der Waals surface area contributed by atoms with Gasteiger partial charge in [-0.25, -0.2) is 4.39 Å². The molecule has 15 heavy (non-hydrogen) atoms. The second kappa shape index (κ2) is 3.52. The lowest BCUT2D eigenvalue weighted by Crippen LogP contribution is -2.16. The number of halogens is 4. The minimum atomic E-state index is -4.62. The van der Waals surface area contributed by atoms with E-state index in [9.17, 15) is 22.4 Å². The van der Waals surface area contributed by atoms with Gasteiger partial charge in [0, 0.05) is 0 Å². The maximum Gasteiger partial charge on any atom is 0.416 e. The number of alkyl halides is 3. The number of hydrogen-bond donors (Lipinski definition) is 1. The zero-order valence-electron chi connectivity index (χ0n) is 7.65. The van der Waals surface area contributed by atoms with Gasteiger partial charge in [0.25, 0.3) is 5.91 Å². The van der Waals surface area contributed by atoms with Crippen molar-refractivity contribution in [1.29, 1.82) is 0 Å². The van der Waals surface area contributed by atoms with Gasteiger partial charge in [0.1, 0.15) is 5.82 Å². The van der Waals surface area contributed by atoms with Crippen molar-refractivity contribution < 1.29 is 22.4 Å². The first-order valence-corrected chi connectivity index (χ1v) is 3.90. The van der Waals surface area contributed by atoms with Gasteiger partial charge in [-0.05, 0) is 24.6 Å². The Hall–Kier alpha value is -1.59. The summed E-state index contributed by atoms with van der Waals surface area (Å²) in [6.07, 6.45) is -4.62. The first-order valence-electron chi connectivity index (χ1n) is 3.90. The van der Waals surface area contributed by atoms with Crippen LogP contribution >= 0.6 is 0 Å². The van der Waals surface area contributed by atoms with Crippen LogP contribution in [-0.4, -0.2) is 5.91 Å². The van der Waals surface area contributed by atoms with Crippen molar-refractivity contribution >= 4 is 5.91 Å². The van der Waals surface area contributed by atoms with Crippen LogP contribution in [0.3, 0.4) is 0 Å². The maximum absolute atomic E-state index is 13.2. The van der Waals surface area contributed by atoms with Gasteiger partial charge in [-0.2, -0.15) is 13.2 Å². The molecule has 0 bridgehead atoms. The molecule has 0 saturated carbocycles. The molecule has 0 atom stereocenters. The van der Waals surface area contributed by atoms with Crippen molar-refractivity contribution in [2.75, 3.05) is 0 Å². The van der Waals surface area contributed by atoms with Gasteiger partial charge in [0.2, 0.25) is 0 Å². The summed E-state index contributed by atoms with van der Waals surface area (Å²) in [6.45, 7) is 1.14. The Bertz CT molecular complexity index is 411. The number of carbonyl (C=O) groups excluding carboxylic acids is 1. The molecule has 1 aromatic carbocycles. The molecule has 0 spiro atoms. The largest absolute Gasteiger partial charge is 0.416 e. The third kappa shape index (κ3) is 2.26. The van der Waals surface area contributed by atoms with E-state index in [4.69, 9.17) is 5.73 Å². The van der Waals surface area contributed by atoms with E-state index in [0.29, 0.717) is 12.1 Å². The average molecular weight is 221 g/mol. The molecule has 0 saturated heterocycles. The fourth-order valence-corrected chi connectivity index (χ4v) is 1.11. The summed E-state index contributed by atoms with van der Waals surface area (Å²) in [5.74, 6) is -2.24. The summed E-state index contributed by atoms with van der Waals surface area (Å²) in [5.41, 5.74) is 2.65. The standard InChI is InChI=1S/C9H7F4NO/c1-4-2-5(9(11,12)13)3-6(7(4)10)8(14)15/h2-3H,1H3,(H2,14,15). The quantitative estimate of drug-likeness (QED) is 0.726. The lowest BCUT2D eigenvalue weighted by molar-refractivity contribution is -0.137. The number of carbonyl (C=O) groups is 1. The van der Waals surface area contributed by atoms with Crippen LogP contribution in [0.2, 0.25) is 0 Å². The highest BCUT2D eigenvalue weighted by Crippen LogP contribution is 2.31. The Morgan fingerprint density at radius 2 is 1.87 bits per heavy atom. The molecule has 0 aliphatic heterocycles. The minimum Gasteiger partial charge on any atom is -0.366 e. The number of aryl methyl sites for hydroxylation is 1. The molecule has 1 rings (SSSR count). The summed E-state index contributed by atoms with van der Waals surface area (Å²) in [7, 11) is 0. The van der Waals surface area contributed by atoms with Crippen LogP contribution < -0.4 is 5.73 Å². The van der Waals surface area contributed by atoms with E-state index in [0.717, 1.165) is 6.92 Å². The minimum absolute atomic E-state index is 0.265. The smallest absolute Gasteiger partial charge is 0.366 e.